The van der Waals surface area contributed by atoms with Gasteiger partial charge in [-0.25, -0.2) is 9.67 Å². The summed E-state index contributed by atoms with van der Waals surface area (Å²) < 4.78 is 1.99. The maximum Gasteiger partial charge on any atom is 0.223 e. The largest absolute Gasteiger partial charge is 0.359 e. The van der Waals surface area contributed by atoms with Gasteiger partial charge in [0.2, 0.25) is 5.91 Å². The molecule has 0 spiro atoms. The van der Waals surface area contributed by atoms with Crippen molar-refractivity contribution in [2.75, 3.05) is 7.05 Å². The van der Waals surface area contributed by atoms with Gasteiger partial charge in [-0.05, 0) is 24.8 Å². The van der Waals surface area contributed by atoms with Crippen LogP contribution in [0.3, 0.4) is 0 Å². The second kappa shape index (κ2) is 7.40. The molecule has 3 rings (SSSR count). The molecule has 1 aromatic heterocycles. The Hall–Kier alpha value is -2.17. The Labute approximate surface area is 137 Å². The van der Waals surface area contributed by atoms with Gasteiger partial charge in [0.1, 0.15) is 12.2 Å². The van der Waals surface area contributed by atoms with E-state index >= 15 is 0 Å². The monoisotopic (exact) mass is 312 g/mol. The minimum atomic E-state index is 0.0217. The zero-order valence-electron chi connectivity index (χ0n) is 13.6. The van der Waals surface area contributed by atoms with Crippen molar-refractivity contribution in [3.05, 3.63) is 48.0 Å². The van der Waals surface area contributed by atoms with Crippen LogP contribution in [-0.4, -0.2) is 27.7 Å². The number of nitrogens with zero attached hydrogens (tertiary/aromatic N) is 3. The number of carbonyl (C=O) groups is 1. The SMILES string of the molecule is CNC(=O)[C@@H]1CCCC[C@@H]1c1ncnn1CCc1ccccc1. The molecule has 122 valence electrons. The van der Waals surface area contributed by atoms with Gasteiger partial charge in [-0.3, -0.25) is 4.79 Å². The van der Waals surface area contributed by atoms with Gasteiger partial charge in [0.25, 0.3) is 0 Å². The Morgan fingerprint density at radius 1 is 1.26 bits per heavy atom. The fourth-order valence-electron chi connectivity index (χ4n) is 3.55. The summed E-state index contributed by atoms with van der Waals surface area (Å²) in [5.41, 5.74) is 1.29. The van der Waals surface area contributed by atoms with Gasteiger partial charge >= 0.3 is 0 Å². The third kappa shape index (κ3) is 3.60. The zero-order valence-corrected chi connectivity index (χ0v) is 13.6. The van der Waals surface area contributed by atoms with Gasteiger partial charge in [0, 0.05) is 25.4 Å². The van der Waals surface area contributed by atoms with Crippen molar-refractivity contribution in [2.24, 2.45) is 5.92 Å². The second-order valence-corrected chi connectivity index (χ2v) is 6.19. The lowest BCUT2D eigenvalue weighted by atomic mass is 9.78. The van der Waals surface area contributed by atoms with Crippen LogP contribution in [0.1, 0.15) is 43.0 Å². The highest BCUT2D eigenvalue weighted by molar-refractivity contribution is 5.79. The third-order valence-corrected chi connectivity index (χ3v) is 4.78. The van der Waals surface area contributed by atoms with Gasteiger partial charge in [-0.2, -0.15) is 5.10 Å². The maximum absolute atomic E-state index is 12.2. The molecule has 1 fully saturated rings. The fraction of sp³-hybridized carbons (Fsp3) is 0.500. The molecule has 2 atom stereocenters. The lowest BCUT2D eigenvalue weighted by molar-refractivity contribution is -0.126. The van der Waals surface area contributed by atoms with Crippen LogP contribution in [-0.2, 0) is 17.8 Å². The molecule has 1 heterocycles. The highest BCUT2D eigenvalue weighted by Gasteiger charge is 2.34. The molecule has 23 heavy (non-hydrogen) atoms. The number of rotatable bonds is 5. The first kappa shape index (κ1) is 15.7. The van der Waals surface area contributed by atoms with E-state index in [-0.39, 0.29) is 17.7 Å². The van der Waals surface area contributed by atoms with Crippen molar-refractivity contribution in [3.63, 3.8) is 0 Å². The lowest BCUT2D eigenvalue weighted by Gasteiger charge is -2.29. The Balaban J connectivity index is 1.75. The average Bonchev–Trinajstić information content (AvgIpc) is 3.08. The molecule has 1 amide bonds. The summed E-state index contributed by atoms with van der Waals surface area (Å²) in [4.78, 5) is 16.7. The summed E-state index contributed by atoms with van der Waals surface area (Å²) in [5.74, 6) is 1.30. The molecule has 5 heteroatoms. The summed E-state index contributed by atoms with van der Waals surface area (Å²) in [6.45, 7) is 0.802. The number of aromatic nitrogens is 3. The van der Waals surface area contributed by atoms with Gasteiger partial charge in [-0.1, -0.05) is 43.2 Å². The zero-order chi connectivity index (χ0) is 16.1. The number of amides is 1. The summed E-state index contributed by atoms with van der Waals surface area (Å²) in [7, 11) is 1.72. The predicted octanol–water partition coefficient (Wildman–Crippen LogP) is 2.54. The minimum absolute atomic E-state index is 0.0217. The standard InChI is InChI=1S/C18H24N4O/c1-19-18(23)16-10-6-5-9-15(16)17-20-13-21-22(17)12-11-14-7-3-2-4-8-14/h2-4,7-8,13,15-16H,5-6,9-12H2,1H3,(H,19,23)/t15-,16+/m0/s1. The molecule has 1 N–H and O–H groups in total. The molecular formula is C18H24N4O. The molecule has 0 aliphatic heterocycles. The van der Waals surface area contributed by atoms with Crippen LogP contribution >= 0.6 is 0 Å². The van der Waals surface area contributed by atoms with E-state index in [0.29, 0.717) is 0 Å². The Morgan fingerprint density at radius 3 is 2.83 bits per heavy atom. The average molecular weight is 312 g/mol. The first-order valence-corrected chi connectivity index (χ1v) is 8.43. The Bertz CT molecular complexity index is 637. The number of nitrogens with one attached hydrogen (secondary N) is 1. The van der Waals surface area contributed by atoms with Gasteiger partial charge < -0.3 is 5.32 Å². The number of hydrogen-bond donors (Lipinski definition) is 1. The normalized spacial score (nSPS) is 21.1. The molecule has 0 unspecified atom stereocenters. The molecule has 0 saturated heterocycles. The Morgan fingerprint density at radius 2 is 2.04 bits per heavy atom. The van der Waals surface area contributed by atoms with E-state index in [1.165, 1.54) is 5.56 Å². The van der Waals surface area contributed by atoms with Crippen molar-refractivity contribution in [1.29, 1.82) is 0 Å². The van der Waals surface area contributed by atoms with Crippen LogP contribution in [0.25, 0.3) is 0 Å². The molecule has 1 saturated carbocycles. The number of benzene rings is 1. The van der Waals surface area contributed by atoms with Crippen molar-refractivity contribution < 1.29 is 4.79 Å². The van der Waals surface area contributed by atoms with E-state index in [0.717, 1.165) is 44.5 Å². The van der Waals surface area contributed by atoms with E-state index in [1.807, 2.05) is 10.7 Å². The van der Waals surface area contributed by atoms with Crippen molar-refractivity contribution in [2.45, 2.75) is 44.6 Å². The van der Waals surface area contributed by atoms with Crippen molar-refractivity contribution in [1.82, 2.24) is 20.1 Å². The number of hydrogen-bond acceptors (Lipinski definition) is 3. The van der Waals surface area contributed by atoms with Gasteiger partial charge in [0.15, 0.2) is 0 Å². The lowest BCUT2D eigenvalue weighted by Crippen LogP contribution is -2.35. The first-order chi connectivity index (χ1) is 11.3. The molecule has 2 aromatic rings. The molecule has 0 bridgehead atoms. The van der Waals surface area contributed by atoms with E-state index in [4.69, 9.17) is 0 Å². The van der Waals surface area contributed by atoms with Crippen LogP contribution < -0.4 is 5.32 Å². The predicted molar refractivity (Wildman–Crippen MR) is 88.9 cm³/mol. The summed E-state index contributed by atoms with van der Waals surface area (Å²) in [6.07, 6.45) is 6.78. The highest BCUT2D eigenvalue weighted by Crippen LogP contribution is 2.36. The van der Waals surface area contributed by atoms with Crippen LogP contribution in [0, 0.1) is 5.92 Å². The fourth-order valence-corrected chi connectivity index (χ4v) is 3.55. The topological polar surface area (TPSA) is 59.8 Å². The molecule has 1 aliphatic carbocycles. The van der Waals surface area contributed by atoms with Crippen LogP contribution in [0.5, 0.6) is 0 Å². The quantitative estimate of drug-likeness (QED) is 0.923. The van der Waals surface area contributed by atoms with E-state index in [9.17, 15) is 4.79 Å². The minimum Gasteiger partial charge on any atom is -0.359 e. The molecular weight excluding hydrogens is 288 g/mol. The van der Waals surface area contributed by atoms with E-state index < -0.39 is 0 Å². The van der Waals surface area contributed by atoms with Crippen molar-refractivity contribution >= 4 is 5.91 Å². The van der Waals surface area contributed by atoms with E-state index in [2.05, 4.69) is 39.7 Å². The van der Waals surface area contributed by atoms with Gasteiger partial charge in [0.05, 0.1) is 0 Å². The van der Waals surface area contributed by atoms with E-state index in [1.54, 1.807) is 13.4 Å². The number of aryl methyl sites for hydroxylation is 2. The molecule has 1 aliphatic rings. The first-order valence-electron chi connectivity index (χ1n) is 8.43. The second-order valence-electron chi connectivity index (χ2n) is 6.19. The third-order valence-electron chi connectivity index (χ3n) is 4.78. The maximum atomic E-state index is 12.2. The molecule has 5 nitrogen and oxygen atoms in total. The van der Waals surface area contributed by atoms with Gasteiger partial charge in [-0.15, -0.1) is 0 Å². The molecule has 0 radical (unpaired) electrons. The highest BCUT2D eigenvalue weighted by atomic mass is 16.1. The van der Waals surface area contributed by atoms with Crippen molar-refractivity contribution in [3.8, 4) is 0 Å². The summed E-state index contributed by atoms with van der Waals surface area (Å²) >= 11 is 0. The van der Waals surface area contributed by atoms with Crippen LogP contribution in [0.2, 0.25) is 0 Å². The van der Waals surface area contributed by atoms with Crippen LogP contribution in [0.4, 0.5) is 0 Å². The molecule has 1 aromatic carbocycles. The van der Waals surface area contributed by atoms with Crippen LogP contribution in [0.15, 0.2) is 36.7 Å². The number of carbonyl (C=O) groups excluding carboxylic acids is 1. The Kier molecular flexibility index (Phi) is 5.05. The summed E-state index contributed by atoms with van der Waals surface area (Å²) in [5, 5.41) is 7.21. The smallest absolute Gasteiger partial charge is 0.223 e. The summed E-state index contributed by atoms with van der Waals surface area (Å²) in [6, 6.07) is 10.4.